The number of hydrogen-bond donors (Lipinski definition) is 1. The summed E-state index contributed by atoms with van der Waals surface area (Å²) in [7, 11) is 0. The van der Waals surface area contributed by atoms with Crippen molar-refractivity contribution in [1.29, 1.82) is 0 Å². The predicted octanol–water partition coefficient (Wildman–Crippen LogP) is 7.48. The Labute approximate surface area is 177 Å². The fourth-order valence-electron chi connectivity index (χ4n) is 3.64. The van der Waals surface area contributed by atoms with Gasteiger partial charge >= 0.3 is 6.18 Å². The van der Waals surface area contributed by atoms with Gasteiger partial charge < -0.3 is 5.32 Å². The lowest BCUT2D eigenvalue weighted by Crippen LogP contribution is -2.19. The maximum Gasteiger partial charge on any atom is 0.399 e. The Morgan fingerprint density at radius 1 is 1.17 bits per heavy atom. The zero-order chi connectivity index (χ0) is 21.2. The van der Waals surface area contributed by atoms with E-state index in [4.69, 9.17) is 23.2 Å². The average molecular weight is 446 g/mol. The predicted molar refractivity (Wildman–Crippen MR) is 110 cm³/mol. The van der Waals surface area contributed by atoms with Crippen molar-refractivity contribution in [2.45, 2.75) is 44.3 Å². The van der Waals surface area contributed by atoms with Crippen LogP contribution in [0.15, 0.2) is 36.4 Å². The highest BCUT2D eigenvalue weighted by Gasteiger charge is 2.39. The topological polar surface area (TPSA) is 12.0 Å². The number of fused-ring (bicyclic) bond motifs is 1. The third-order valence-corrected chi connectivity index (χ3v) is 5.63. The van der Waals surface area contributed by atoms with Crippen molar-refractivity contribution in [1.82, 2.24) is 5.32 Å². The molecule has 0 fully saturated rings. The van der Waals surface area contributed by atoms with E-state index in [2.05, 4.69) is 12.2 Å². The number of aryl methyl sites for hydroxylation is 1. The van der Waals surface area contributed by atoms with Crippen LogP contribution in [0.1, 0.15) is 54.0 Å². The van der Waals surface area contributed by atoms with Gasteiger partial charge in [-0.3, -0.25) is 0 Å². The number of benzene rings is 2. The first kappa shape index (κ1) is 22.1. The number of alkyl halides is 3. The van der Waals surface area contributed by atoms with Gasteiger partial charge in [0.2, 0.25) is 0 Å². The Hall–Kier alpha value is -1.56. The molecule has 7 heteroatoms. The van der Waals surface area contributed by atoms with Gasteiger partial charge in [0.15, 0.2) is 5.82 Å². The largest absolute Gasteiger partial charge is 0.399 e. The summed E-state index contributed by atoms with van der Waals surface area (Å²) in [5.74, 6) is -2.86. The van der Waals surface area contributed by atoms with Crippen molar-refractivity contribution < 1.29 is 17.6 Å². The van der Waals surface area contributed by atoms with E-state index in [1.54, 1.807) is 0 Å². The number of rotatable bonds is 6. The lowest BCUT2D eigenvalue weighted by Gasteiger charge is -2.18. The molecular formula is C22H21Cl2F4N. The van der Waals surface area contributed by atoms with Crippen LogP contribution in [-0.4, -0.2) is 12.7 Å². The van der Waals surface area contributed by atoms with Crippen molar-refractivity contribution in [2.75, 3.05) is 6.54 Å². The molecule has 2 atom stereocenters. The van der Waals surface area contributed by atoms with Crippen LogP contribution in [0, 0.1) is 5.82 Å². The second-order valence-electron chi connectivity index (χ2n) is 7.18. The molecule has 1 nitrogen and oxygen atoms in total. The van der Waals surface area contributed by atoms with Gasteiger partial charge in [-0.05, 0) is 60.2 Å². The molecular weight excluding hydrogens is 425 g/mol. The Morgan fingerprint density at radius 2 is 1.86 bits per heavy atom. The van der Waals surface area contributed by atoms with E-state index in [-0.39, 0.29) is 5.56 Å². The first-order valence-electron chi connectivity index (χ1n) is 9.46. The summed E-state index contributed by atoms with van der Waals surface area (Å²) >= 11 is 11.4. The molecule has 0 bridgehead atoms. The van der Waals surface area contributed by atoms with Crippen LogP contribution < -0.4 is 5.32 Å². The quantitative estimate of drug-likeness (QED) is 0.358. The van der Waals surface area contributed by atoms with Crippen LogP contribution in [0.25, 0.3) is 6.08 Å². The molecule has 0 radical (unpaired) electrons. The summed E-state index contributed by atoms with van der Waals surface area (Å²) in [6.07, 6.45) is 0.861. The lowest BCUT2D eigenvalue weighted by molar-refractivity contribution is -0.139. The van der Waals surface area contributed by atoms with Gasteiger partial charge in [0.1, 0.15) is 0 Å². The highest BCUT2D eigenvalue weighted by atomic mass is 35.5. The van der Waals surface area contributed by atoms with Crippen LogP contribution in [0.2, 0.25) is 10.0 Å². The van der Waals surface area contributed by atoms with Crippen molar-refractivity contribution in [3.63, 3.8) is 0 Å². The molecule has 0 spiro atoms. The summed E-state index contributed by atoms with van der Waals surface area (Å²) in [5.41, 5.74) is 2.85. The molecule has 1 N–H and O–H groups in total. The Bertz CT molecular complexity index is 885. The maximum absolute atomic E-state index is 13.6. The number of hydrogen-bond acceptors (Lipinski definition) is 1. The minimum Gasteiger partial charge on any atom is -0.310 e. The summed E-state index contributed by atoms with van der Waals surface area (Å²) in [6, 6.07) is 7.96. The normalized spacial score (nSPS) is 17.7. The number of allylic oxidation sites excluding steroid dienone is 1. The summed E-state index contributed by atoms with van der Waals surface area (Å²) in [4.78, 5) is 0. The highest BCUT2D eigenvalue weighted by molar-refractivity contribution is 6.35. The molecule has 0 saturated carbocycles. The van der Waals surface area contributed by atoms with Gasteiger partial charge in [-0.1, -0.05) is 60.5 Å². The van der Waals surface area contributed by atoms with Crippen molar-refractivity contribution in [3.8, 4) is 0 Å². The zero-order valence-electron chi connectivity index (χ0n) is 15.8. The molecule has 2 unspecified atom stereocenters. The average Bonchev–Trinajstić information content (AvgIpc) is 3.05. The van der Waals surface area contributed by atoms with Gasteiger partial charge in [-0.15, -0.1) is 0 Å². The third kappa shape index (κ3) is 5.14. The van der Waals surface area contributed by atoms with Crippen molar-refractivity contribution >= 4 is 29.3 Å². The van der Waals surface area contributed by atoms with Crippen LogP contribution in [0.3, 0.4) is 0 Å². The van der Waals surface area contributed by atoms with Crippen LogP contribution in [-0.2, 0) is 6.42 Å². The third-order valence-electron chi connectivity index (χ3n) is 5.08. The van der Waals surface area contributed by atoms with E-state index in [0.29, 0.717) is 11.6 Å². The molecule has 1 aliphatic carbocycles. The molecule has 0 aromatic heterocycles. The summed E-state index contributed by atoms with van der Waals surface area (Å²) in [5, 5.41) is 2.63. The van der Waals surface area contributed by atoms with Crippen LogP contribution >= 0.6 is 23.2 Å². The Kier molecular flexibility index (Phi) is 6.92. The lowest BCUT2D eigenvalue weighted by atomic mass is 9.96. The molecule has 0 amide bonds. The van der Waals surface area contributed by atoms with Gasteiger partial charge in [-0.2, -0.15) is 13.2 Å². The SMILES string of the molecule is CCCNC1CCc2cc(/C=C/C(c3cc(Cl)c(F)c(Cl)c3)C(F)(F)F)ccc21. The Morgan fingerprint density at radius 3 is 2.48 bits per heavy atom. The van der Waals surface area contributed by atoms with E-state index < -0.39 is 28.0 Å². The van der Waals surface area contributed by atoms with Crippen molar-refractivity contribution in [3.05, 3.63) is 74.5 Å². The van der Waals surface area contributed by atoms with Gasteiger partial charge in [0.05, 0.1) is 16.0 Å². The fourth-order valence-corrected chi connectivity index (χ4v) is 4.15. The molecule has 29 heavy (non-hydrogen) atoms. The van der Waals surface area contributed by atoms with Gasteiger partial charge in [-0.25, -0.2) is 4.39 Å². The smallest absolute Gasteiger partial charge is 0.310 e. The van der Waals surface area contributed by atoms with E-state index in [1.165, 1.54) is 11.6 Å². The molecule has 2 aromatic rings. The minimum absolute atomic E-state index is 0.199. The zero-order valence-corrected chi connectivity index (χ0v) is 17.3. The van der Waals surface area contributed by atoms with Crippen LogP contribution in [0.4, 0.5) is 17.6 Å². The molecule has 3 rings (SSSR count). The molecule has 156 valence electrons. The molecule has 2 aromatic carbocycles. The minimum atomic E-state index is -4.56. The molecule has 0 heterocycles. The second kappa shape index (κ2) is 9.07. The molecule has 0 saturated heterocycles. The second-order valence-corrected chi connectivity index (χ2v) is 7.99. The number of nitrogens with one attached hydrogen (secondary N) is 1. The standard InChI is InChI=1S/C22H21Cl2F4N/c1-2-9-29-20-8-5-14-10-13(3-6-16(14)20)4-7-17(22(26,27)28)15-11-18(23)21(25)19(24)12-15/h3-4,6-7,10-12,17,20,29H,2,5,8-9H2,1H3/b7-4+. The monoisotopic (exact) mass is 445 g/mol. The fraction of sp³-hybridized carbons (Fsp3) is 0.364. The molecule has 1 aliphatic rings. The maximum atomic E-state index is 13.6. The first-order chi connectivity index (χ1) is 13.7. The van der Waals surface area contributed by atoms with Gasteiger partial charge in [0.25, 0.3) is 0 Å². The van der Waals surface area contributed by atoms with E-state index in [1.807, 2.05) is 18.2 Å². The van der Waals surface area contributed by atoms with E-state index in [9.17, 15) is 17.6 Å². The molecule has 0 aliphatic heterocycles. The van der Waals surface area contributed by atoms with E-state index >= 15 is 0 Å². The summed E-state index contributed by atoms with van der Waals surface area (Å²) in [6.45, 7) is 3.04. The van der Waals surface area contributed by atoms with Gasteiger partial charge in [0, 0.05) is 6.04 Å². The first-order valence-corrected chi connectivity index (χ1v) is 10.2. The number of halogens is 6. The highest BCUT2D eigenvalue weighted by Crippen LogP contribution is 2.39. The Balaban J connectivity index is 1.86. The summed E-state index contributed by atoms with van der Waals surface area (Å²) < 4.78 is 54.5. The van der Waals surface area contributed by atoms with Crippen LogP contribution in [0.5, 0.6) is 0 Å². The van der Waals surface area contributed by atoms with Crippen molar-refractivity contribution in [2.24, 2.45) is 0 Å². The van der Waals surface area contributed by atoms with E-state index in [0.717, 1.165) is 49.6 Å².